The van der Waals surface area contributed by atoms with E-state index in [0.29, 0.717) is 12.0 Å². The first-order valence-corrected chi connectivity index (χ1v) is 10.8. The van der Waals surface area contributed by atoms with E-state index in [4.69, 9.17) is 0 Å². The van der Waals surface area contributed by atoms with E-state index in [9.17, 15) is 13.6 Å². The third kappa shape index (κ3) is 4.25. The number of allylic oxidation sites excluding steroid dienone is 2. The Morgan fingerprint density at radius 1 is 1.19 bits per heavy atom. The Labute approximate surface area is 183 Å². The fourth-order valence-corrected chi connectivity index (χ4v) is 4.73. The van der Waals surface area contributed by atoms with Crippen LogP contribution in [0, 0.1) is 28.4 Å². The van der Waals surface area contributed by atoms with E-state index < -0.39 is 22.5 Å². The summed E-state index contributed by atoms with van der Waals surface area (Å²) in [5.74, 6) is -1.42. The first-order valence-electron chi connectivity index (χ1n) is 10.8. The van der Waals surface area contributed by atoms with Crippen molar-refractivity contribution in [3.05, 3.63) is 66.4 Å². The molecule has 2 saturated carbocycles. The molecule has 0 spiro atoms. The molecule has 0 radical (unpaired) electrons. The van der Waals surface area contributed by atoms with Crippen molar-refractivity contribution in [1.82, 2.24) is 5.32 Å². The smallest absolute Gasteiger partial charge is 0.226 e. The van der Waals surface area contributed by atoms with Gasteiger partial charge in [-0.1, -0.05) is 40.0 Å². The summed E-state index contributed by atoms with van der Waals surface area (Å²) in [5, 5.41) is 10.9. The molecule has 0 heterocycles. The van der Waals surface area contributed by atoms with Crippen molar-refractivity contribution in [2.45, 2.75) is 58.9 Å². The molecule has 6 heteroatoms. The second-order valence-corrected chi connectivity index (χ2v) is 9.35. The molecule has 2 atom stereocenters. The van der Waals surface area contributed by atoms with Crippen molar-refractivity contribution in [1.29, 1.82) is 0 Å². The molecular weight excluding hydrogens is 396 g/mol. The van der Waals surface area contributed by atoms with Crippen LogP contribution in [0.1, 0.15) is 58.4 Å². The number of rotatable bonds is 7. The van der Waals surface area contributed by atoms with Gasteiger partial charge < -0.3 is 5.32 Å². The number of nitrogens with one attached hydrogen (secondary N) is 1. The second kappa shape index (κ2) is 8.85. The van der Waals surface area contributed by atoms with Crippen LogP contribution in [0.3, 0.4) is 0 Å². The molecule has 0 bridgehead atoms. The van der Waals surface area contributed by atoms with Crippen molar-refractivity contribution >= 4 is 11.6 Å². The van der Waals surface area contributed by atoms with Gasteiger partial charge in [-0.05, 0) is 67.2 Å². The first kappa shape index (κ1) is 23.0. The van der Waals surface area contributed by atoms with Crippen LogP contribution < -0.4 is 5.32 Å². The second-order valence-electron chi connectivity index (χ2n) is 9.35. The molecule has 31 heavy (non-hydrogen) atoms. The van der Waals surface area contributed by atoms with Crippen LogP contribution in [0.5, 0.6) is 0 Å². The fourth-order valence-electron chi connectivity index (χ4n) is 4.73. The lowest BCUT2D eigenvalue weighted by atomic mass is 9.63. The summed E-state index contributed by atoms with van der Waals surface area (Å²) in [7, 11) is 0. The quantitative estimate of drug-likeness (QED) is 0.388. The molecule has 0 aromatic heterocycles. The summed E-state index contributed by atoms with van der Waals surface area (Å²) < 4.78 is 28.8. The molecule has 1 amide bonds. The number of hydrogen-bond acceptors (Lipinski definition) is 3. The van der Waals surface area contributed by atoms with Gasteiger partial charge in [0, 0.05) is 12.2 Å². The van der Waals surface area contributed by atoms with E-state index in [2.05, 4.69) is 42.6 Å². The Hall–Kier alpha value is -2.63. The Morgan fingerprint density at radius 3 is 2.39 bits per heavy atom. The van der Waals surface area contributed by atoms with E-state index in [0.717, 1.165) is 25.7 Å². The molecule has 1 aromatic carbocycles. The van der Waals surface area contributed by atoms with Crippen LogP contribution >= 0.6 is 0 Å². The third-order valence-corrected chi connectivity index (χ3v) is 7.40. The van der Waals surface area contributed by atoms with Crippen LogP contribution in [-0.2, 0) is 4.79 Å². The Bertz CT molecular complexity index is 926. The summed E-state index contributed by atoms with van der Waals surface area (Å²) in [5.41, 5.74) is -0.496. The number of nitrogens with zero attached hydrogens (tertiary/aromatic N) is 2. The van der Waals surface area contributed by atoms with E-state index in [-0.39, 0.29) is 29.1 Å². The molecule has 0 saturated heterocycles. The molecule has 1 N–H and O–H groups in total. The number of carbonyl (C=O) groups excluding carboxylic acids is 1. The summed E-state index contributed by atoms with van der Waals surface area (Å²) in [6.45, 7) is 13.8. The highest BCUT2D eigenvalue weighted by atomic mass is 19.1. The zero-order chi connectivity index (χ0) is 22.8. The molecule has 2 aliphatic carbocycles. The molecule has 1 aromatic rings. The maximum absolute atomic E-state index is 14.4. The van der Waals surface area contributed by atoms with Gasteiger partial charge in [-0.2, -0.15) is 10.2 Å². The van der Waals surface area contributed by atoms with E-state index in [1.54, 1.807) is 6.08 Å². The lowest BCUT2D eigenvalue weighted by Crippen LogP contribution is -2.51. The molecular formula is C25H31F2N3O. The predicted octanol–water partition coefficient (Wildman–Crippen LogP) is 6.57. The molecule has 166 valence electrons. The van der Waals surface area contributed by atoms with Crippen molar-refractivity contribution in [3.63, 3.8) is 0 Å². The van der Waals surface area contributed by atoms with Gasteiger partial charge in [-0.25, -0.2) is 8.78 Å². The molecule has 1 unspecified atom stereocenters. The summed E-state index contributed by atoms with van der Waals surface area (Å²) in [4.78, 5) is 13.1. The van der Waals surface area contributed by atoms with E-state index in [1.807, 2.05) is 6.92 Å². The van der Waals surface area contributed by atoms with Crippen molar-refractivity contribution in [2.75, 3.05) is 0 Å². The van der Waals surface area contributed by atoms with Gasteiger partial charge in [0.2, 0.25) is 5.91 Å². The molecule has 2 aliphatic rings. The fraction of sp³-hybridized carbons (Fsp3) is 0.480. The number of azo groups is 1. The van der Waals surface area contributed by atoms with Crippen LogP contribution in [0.15, 0.2) is 59.4 Å². The maximum Gasteiger partial charge on any atom is 0.226 e. The van der Waals surface area contributed by atoms with Gasteiger partial charge in [0.15, 0.2) is 0 Å². The van der Waals surface area contributed by atoms with Gasteiger partial charge in [-0.15, -0.1) is 0 Å². The third-order valence-electron chi connectivity index (χ3n) is 7.40. The SMILES string of the molecule is C=CN=N/C(=C\C(=C)C1CC[C@](C)(C(=O)NC2CCC2)C1(C)C)c1c(F)cccc1F. The Balaban J connectivity index is 1.91. The number of carbonyl (C=O) groups is 1. The summed E-state index contributed by atoms with van der Waals surface area (Å²) >= 11 is 0. The average Bonchev–Trinajstić information content (AvgIpc) is 2.92. The molecule has 4 nitrogen and oxygen atoms in total. The summed E-state index contributed by atoms with van der Waals surface area (Å²) in [6.07, 6.45) is 7.48. The van der Waals surface area contributed by atoms with Crippen LogP contribution in [0.25, 0.3) is 5.70 Å². The lowest BCUT2D eigenvalue weighted by molar-refractivity contribution is -0.137. The van der Waals surface area contributed by atoms with Gasteiger partial charge >= 0.3 is 0 Å². The monoisotopic (exact) mass is 427 g/mol. The van der Waals surface area contributed by atoms with E-state index in [1.165, 1.54) is 24.4 Å². The van der Waals surface area contributed by atoms with E-state index >= 15 is 0 Å². The van der Waals surface area contributed by atoms with Gasteiger partial charge in [0.1, 0.15) is 11.6 Å². The maximum atomic E-state index is 14.4. The lowest BCUT2D eigenvalue weighted by Gasteiger charge is -2.42. The van der Waals surface area contributed by atoms with Crippen LogP contribution in [0.2, 0.25) is 0 Å². The Morgan fingerprint density at radius 2 is 1.84 bits per heavy atom. The predicted molar refractivity (Wildman–Crippen MR) is 119 cm³/mol. The number of halogens is 2. The van der Waals surface area contributed by atoms with Crippen molar-refractivity contribution in [3.8, 4) is 0 Å². The Kier molecular flexibility index (Phi) is 6.58. The first-order chi connectivity index (χ1) is 14.6. The number of hydrogen-bond donors (Lipinski definition) is 1. The van der Waals surface area contributed by atoms with Crippen molar-refractivity contribution in [2.24, 2.45) is 27.0 Å². The van der Waals surface area contributed by atoms with Gasteiger partial charge in [0.05, 0.1) is 16.7 Å². The zero-order valence-electron chi connectivity index (χ0n) is 18.5. The molecule has 2 fully saturated rings. The largest absolute Gasteiger partial charge is 0.353 e. The zero-order valence-corrected chi connectivity index (χ0v) is 18.5. The highest BCUT2D eigenvalue weighted by Crippen LogP contribution is 2.58. The topological polar surface area (TPSA) is 53.8 Å². The minimum atomic E-state index is -0.725. The van der Waals surface area contributed by atoms with Gasteiger partial charge in [0.25, 0.3) is 0 Å². The van der Waals surface area contributed by atoms with Crippen LogP contribution in [-0.4, -0.2) is 11.9 Å². The molecule has 3 rings (SSSR count). The number of benzene rings is 1. The number of amides is 1. The van der Waals surface area contributed by atoms with Crippen molar-refractivity contribution < 1.29 is 13.6 Å². The minimum absolute atomic E-state index is 0.0452. The van der Waals surface area contributed by atoms with Gasteiger partial charge in [-0.3, -0.25) is 4.79 Å². The standard InChI is InChI=1S/C25H31F2N3O/c1-6-28-30-21(22-19(26)11-8-12-20(22)27)15-16(2)18-13-14-25(5,24(18,3)4)23(31)29-17-9-7-10-17/h6,8,11-12,15,17-18H,1-2,7,9-10,13-14H2,3-5H3,(H,29,31)/b21-15-,30-28?/t18?,25-/m1/s1. The average molecular weight is 428 g/mol. The minimum Gasteiger partial charge on any atom is -0.353 e. The normalized spacial score (nSPS) is 26.0. The highest BCUT2D eigenvalue weighted by molar-refractivity contribution is 5.84. The summed E-state index contributed by atoms with van der Waals surface area (Å²) in [6, 6.07) is 3.94. The van der Waals surface area contributed by atoms with Crippen LogP contribution in [0.4, 0.5) is 8.78 Å². The molecule has 0 aliphatic heterocycles. The highest BCUT2D eigenvalue weighted by Gasteiger charge is 2.56.